The van der Waals surface area contributed by atoms with E-state index >= 15 is 0 Å². The summed E-state index contributed by atoms with van der Waals surface area (Å²) in [5, 5.41) is 16.3. The van der Waals surface area contributed by atoms with Crippen LogP contribution in [0.5, 0.6) is 0 Å². The van der Waals surface area contributed by atoms with Crippen molar-refractivity contribution in [3.8, 4) is 6.07 Å². The molecule has 16 heavy (non-hydrogen) atoms. The molecule has 0 aromatic heterocycles. The van der Waals surface area contributed by atoms with Gasteiger partial charge in [-0.25, -0.2) is 4.79 Å². The first-order chi connectivity index (χ1) is 6.91. The van der Waals surface area contributed by atoms with E-state index in [9.17, 15) is 13.6 Å². The number of hydrogen-bond acceptors (Lipinski definition) is 3. The van der Waals surface area contributed by atoms with E-state index in [1.165, 1.54) is 6.07 Å². The van der Waals surface area contributed by atoms with Crippen molar-refractivity contribution in [1.29, 1.82) is 5.26 Å². The number of carboxylic acids is 1. The van der Waals surface area contributed by atoms with Gasteiger partial charge in [-0.15, -0.1) is 0 Å². The second kappa shape index (κ2) is 4.88. The molecule has 86 valence electrons. The summed E-state index contributed by atoms with van der Waals surface area (Å²) < 4.78 is 26.1. The van der Waals surface area contributed by atoms with Gasteiger partial charge in [0.05, 0.1) is 16.1 Å². The number of carbonyl (C=O) groups is 1. The normalized spacial score (nSPS) is 10.1. The number of nitrogens with zero attached hydrogens (tertiary/aromatic N) is 1. The van der Waals surface area contributed by atoms with Crippen molar-refractivity contribution in [3.05, 3.63) is 34.3 Å². The highest BCUT2D eigenvalue weighted by molar-refractivity contribution is 6.32. The molecule has 0 aliphatic heterocycles. The minimum atomic E-state index is -4.09. The average Bonchev–Trinajstić information content (AvgIpc) is 2.17. The van der Waals surface area contributed by atoms with Crippen molar-refractivity contribution in [3.63, 3.8) is 0 Å². The lowest BCUT2D eigenvalue weighted by atomic mass is 10.1. The summed E-state index contributed by atoms with van der Waals surface area (Å²) in [5.74, 6) is -6.40. The lowest BCUT2D eigenvalue weighted by Crippen LogP contribution is -2.25. The lowest BCUT2D eigenvalue weighted by molar-refractivity contribution is -0.166. The molecule has 0 saturated carbocycles. The van der Waals surface area contributed by atoms with E-state index in [0.29, 0.717) is 0 Å². The molecule has 0 radical (unpaired) electrons. The van der Waals surface area contributed by atoms with Gasteiger partial charge in [-0.3, -0.25) is 0 Å². The Hall–Kier alpha value is -1.71. The highest BCUT2D eigenvalue weighted by Crippen LogP contribution is 2.35. The summed E-state index contributed by atoms with van der Waals surface area (Å²) >= 11 is 5.47. The van der Waals surface area contributed by atoms with Crippen LogP contribution in [-0.2, 0) is 10.7 Å². The molecule has 0 aliphatic carbocycles. The molecule has 0 spiro atoms. The zero-order chi connectivity index (χ0) is 11.6. The molecule has 0 amide bonds. The number of halogens is 3. The summed E-state index contributed by atoms with van der Waals surface area (Å²) in [7, 11) is 0. The number of carboxylic acid groups (broad SMARTS) is 1. The molecule has 1 aromatic carbocycles. The van der Waals surface area contributed by atoms with Gasteiger partial charge < -0.3 is 11.3 Å². The molecule has 0 aliphatic rings. The van der Waals surface area contributed by atoms with Gasteiger partial charge in [-0.05, 0) is 6.07 Å². The third kappa shape index (κ3) is 2.27. The largest absolute Gasteiger partial charge is 0.477 e. The van der Waals surface area contributed by atoms with Crippen LogP contribution in [0.1, 0.15) is 11.1 Å². The highest BCUT2D eigenvalue weighted by atomic mass is 35.5. The maximum atomic E-state index is 13.1. The fraction of sp³-hybridized carbons (Fsp3) is 0.111. The summed E-state index contributed by atoms with van der Waals surface area (Å²) in [4.78, 5) is 10.3. The summed E-state index contributed by atoms with van der Waals surface area (Å²) in [6.45, 7) is 0. The molecule has 4 nitrogen and oxygen atoms in total. The zero-order valence-corrected chi connectivity index (χ0v) is 8.63. The van der Waals surface area contributed by atoms with Gasteiger partial charge in [0.15, 0.2) is 0 Å². The molecule has 1 rings (SSSR count). The summed E-state index contributed by atoms with van der Waals surface area (Å²) in [6.07, 6.45) is 0. The van der Waals surface area contributed by atoms with Crippen LogP contribution in [0.25, 0.3) is 0 Å². The number of aliphatic carboxylic acids is 1. The second-order valence-electron chi connectivity index (χ2n) is 2.66. The SMILES string of the molecule is N.N#Cc1cccc(C(F)(F)C(=O)O)c1Cl. The molecule has 4 N–H and O–H groups in total. The maximum absolute atomic E-state index is 13.1. The summed E-state index contributed by atoms with van der Waals surface area (Å²) in [5.41, 5.74) is -1.06. The Labute approximate surface area is 94.6 Å². The predicted octanol–water partition coefficient (Wildman–Crippen LogP) is 2.55. The minimum Gasteiger partial charge on any atom is -0.477 e. The monoisotopic (exact) mass is 248 g/mol. The Morgan fingerprint density at radius 3 is 2.50 bits per heavy atom. The topological polar surface area (TPSA) is 96.1 Å². The smallest absolute Gasteiger partial charge is 0.379 e. The Balaban J connectivity index is 0.00000225. The number of benzene rings is 1. The van der Waals surface area contributed by atoms with Crippen molar-refractivity contribution in [1.82, 2.24) is 6.15 Å². The van der Waals surface area contributed by atoms with Crippen molar-refractivity contribution in [2.75, 3.05) is 0 Å². The molecule has 0 fully saturated rings. The fourth-order valence-electron chi connectivity index (χ4n) is 0.976. The van der Waals surface area contributed by atoms with Crippen LogP contribution in [0.2, 0.25) is 5.02 Å². The lowest BCUT2D eigenvalue weighted by Gasteiger charge is -2.13. The van der Waals surface area contributed by atoms with E-state index in [4.69, 9.17) is 22.0 Å². The molecule has 1 aromatic rings. The van der Waals surface area contributed by atoms with Crippen LogP contribution in [0.15, 0.2) is 18.2 Å². The van der Waals surface area contributed by atoms with Gasteiger partial charge in [-0.1, -0.05) is 23.7 Å². The van der Waals surface area contributed by atoms with E-state index in [1.54, 1.807) is 6.07 Å². The van der Waals surface area contributed by atoms with Crippen LogP contribution < -0.4 is 6.15 Å². The molecule has 0 heterocycles. The third-order valence-electron chi connectivity index (χ3n) is 1.73. The van der Waals surface area contributed by atoms with E-state index in [1.807, 2.05) is 0 Å². The minimum absolute atomic E-state index is 0. The van der Waals surface area contributed by atoms with Crippen LogP contribution in [-0.4, -0.2) is 11.1 Å². The van der Waals surface area contributed by atoms with Crippen molar-refractivity contribution in [2.24, 2.45) is 0 Å². The fourth-order valence-corrected chi connectivity index (χ4v) is 1.26. The molecule has 7 heteroatoms. The second-order valence-corrected chi connectivity index (χ2v) is 3.04. The number of rotatable bonds is 2. The molecular formula is C9H7ClF2N2O2. The predicted molar refractivity (Wildman–Crippen MR) is 52.7 cm³/mol. The van der Waals surface area contributed by atoms with E-state index < -0.39 is 22.5 Å². The van der Waals surface area contributed by atoms with Gasteiger partial charge >= 0.3 is 11.9 Å². The van der Waals surface area contributed by atoms with Crippen LogP contribution >= 0.6 is 11.6 Å². The van der Waals surface area contributed by atoms with Crippen molar-refractivity contribution in [2.45, 2.75) is 5.92 Å². The van der Waals surface area contributed by atoms with E-state index in [0.717, 1.165) is 12.1 Å². The Morgan fingerprint density at radius 1 is 1.50 bits per heavy atom. The van der Waals surface area contributed by atoms with Gasteiger partial charge in [0.1, 0.15) is 6.07 Å². The quantitative estimate of drug-likeness (QED) is 0.840. The zero-order valence-electron chi connectivity index (χ0n) is 7.88. The third-order valence-corrected chi connectivity index (χ3v) is 2.13. The van der Waals surface area contributed by atoms with E-state index in [2.05, 4.69) is 0 Å². The standard InChI is InChI=1S/C9H4ClF2NO2.H3N/c10-7-5(4-13)2-1-3-6(7)9(11,12)8(14)15;/h1-3H,(H,14,15);1H3. The number of nitriles is 1. The van der Waals surface area contributed by atoms with Gasteiger partial charge in [0.25, 0.3) is 0 Å². The number of alkyl halides is 2. The highest BCUT2D eigenvalue weighted by Gasteiger charge is 2.43. The molecular weight excluding hydrogens is 242 g/mol. The summed E-state index contributed by atoms with van der Waals surface area (Å²) in [6, 6.07) is 4.84. The van der Waals surface area contributed by atoms with Crippen LogP contribution in [0, 0.1) is 11.3 Å². The first kappa shape index (κ1) is 14.3. The van der Waals surface area contributed by atoms with Crippen molar-refractivity contribution < 1.29 is 18.7 Å². The van der Waals surface area contributed by atoms with Crippen molar-refractivity contribution >= 4 is 17.6 Å². The van der Waals surface area contributed by atoms with Crippen LogP contribution in [0.3, 0.4) is 0 Å². The maximum Gasteiger partial charge on any atom is 0.379 e. The molecule has 0 atom stereocenters. The molecule has 0 unspecified atom stereocenters. The van der Waals surface area contributed by atoms with Crippen LogP contribution in [0.4, 0.5) is 8.78 Å². The molecule has 0 bridgehead atoms. The number of hydrogen-bond donors (Lipinski definition) is 2. The Bertz CT molecular complexity index is 457. The Kier molecular flexibility index (Phi) is 4.35. The van der Waals surface area contributed by atoms with Gasteiger partial charge in [0, 0.05) is 0 Å². The van der Waals surface area contributed by atoms with Gasteiger partial charge in [-0.2, -0.15) is 14.0 Å². The Morgan fingerprint density at radius 2 is 2.06 bits per heavy atom. The molecule has 0 saturated heterocycles. The first-order valence-corrected chi connectivity index (χ1v) is 4.09. The first-order valence-electron chi connectivity index (χ1n) is 3.71. The van der Waals surface area contributed by atoms with E-state index in [-0.39, 0.29) is 11.7 Å². The average molecular weight is 249 g/mol. The van der Waals surface area contributed by atoms with Gasteiger partial charge in [0.2, 0.25) is 0 Å².